The Kier molecular flexibility index (Phi) is 5.90. The van der Waals surface area contributed by atoms with E-state index in [1.807, 2.05) is 24.3 Å². The van der Waals surface area contributed by atoms with E-state index in [2.05, 4.69) is 140 Å². The number of benzene rings is 7. The Morgan fingerprint density at radius 3 is 1.90 bits per heavy atom. The minimum atomic E-state index is -0.573. The van der Waals surface area contributed by atoms with Gasteiger partial charge in [-0.2, -0.15) is 0 Å². The first-order valence-corrected chi connectivity index (χ1v) is 17.4. The molecule has 0 N–H and O–H groups in total. The van der Waals surface area contributed by atoms with Crippen molar-refractivity contribution in [2.75, 3.05) is 0 Å². The Morgan fingerprint density at radius 1 is 0.471 bits per heavy atom. The van der Waals surface area contributed by atoms with E-state index in [0.717, 1.165) is 45.7 Å². The molecule has 8 aromatic rings. The molecule has 4 nitrogen and oxygen atoms in total. The molecule has 0 saturated carbocycles. The first kappa shape index (κ1) is 28.2. The van der Waals surface area contributed by atoms with Crippen LogP contribution >= 0.6 is 0 Å². The highest BCUT2D eigenvalue weighted by molar-refractivity contribution is 5.98. The minimum absolute atomic E-state index is 0.573. The van der Waals surface area contributed by atoms with Gasteiger partial charge >= 0.3 is 0 Å². The van der Waals surface area contributed by atoms with E-state index < -0.39 is 5.41 Å². The number of hydrogen-bond donors (Lipinski definition) is 0. The number of ether oxygens (including phenoxy) is 1. The molecule has 0 saturated heterocycles. The lowest BCUT2D eigenvalue weighted by Gasteiger charge is -2.39. The summed E-state index contributed by atoms with van der Waals surface area (Å²) >= 11 is 0. The molecule has 1 spiro atoms. The maximum Gasteiger partial charge on any atom is 0.164 e. The molecule has 1 aliphatic heterocycles. The fourth-order valence-corrected chi connectivity index (χ4v) is 8.63. The number of aromatic nitrogens is 3. The average molecular weight is 652 g/mol. The molecule has 3 aliphatic rings. The fraction of sp³-hybridized carbons (Fsp3) is 0.0426. The van der Waals surface area contributed by atoms with Gasteiger partial charge in [-0.1, -0.05) is 127 Å². The summed E-state index contributed by atoms with van der Waals surface area (Å²) in [6, 6.07) is 53.6. The standard InChI is InChI=1S/C47H29N3O/c1-2-12-30(13-3-1)44-48-45(50-46(49-44)34-26-31-16-10-14-29-15-11-17-32(27-34)43(29)31)33-24-25-42-40(28-33)47(39-22-8-9-23-41(39)51-42)37-20-6-4-18-35(37)36-19-5-7-21-38(36)47/h1-14,16-28H,15H2. The predicted molar refractivity (Wildman–Crippen MR) is 204 cm³/mol. The second-order valence-corrected chi connectivity index (χ2v) is 13.5. The topological polar surface area (TPSA) is 47.9 Å². The number of rotatable bonds is 3. The quantitative estimate of drug-likeness (QED) is 0.191. The molecule has 0 amide bonds. The number of nitrogens with zero attached hydrogens (tertiary/aromatic N) is 3. The number of hydrogen-bond acceptors (Lipinski definition) is 4. The zero-order chi connectivity index (χ0) is 33.5. The van der Waals surface area contributed by atoms with Crippen LogP contribution in [0.1, 0.15) is 33.4 Å². The third-order valence-electron chi connectivity index (χ3n) is 10.8. The van der Waals surface area contributed by atoms with Crippen LogP contribution in [-0.4, -0.2) is 15.0 Å². The number of allylic oxidation sites excluding steroid dienone is 1. The lowest BCUT2D eigenvalue weighted by atomic mass is 9.66. The Balaban J connectivity index is 1.17. The Bertz CT molecular complexity index is 2720. The minimum Gasteiger partial charge on any atom is -0.457 e. The van der Waals surface area contributed by atoms with Gasteiger partial charge in [-0.15, -0.1) is 0 Å². The van der Waals surface area contributed by atoms with Gasteiger partial charge in [0.05, 0.1) is 5.41 Å². The van der Waals surface area contributed by atoms with E-state index in [1.54, 1.807) is 0 Å². The molecule has 1 aromatic heterocycles. The van der Waals surface area contributed by atoms with Crippen molar-refractivity contribution in [2.45, 2.75) is 11.8 Å². The largest absolute Gasteiger partial charge is 0.457 e. The molecule has 0 unspecified atom stereocenters. The molecule has 7 aromatic carbocycles. The van der Waals surface area contributed by atoms with E-state index in [1.165, 1.54) is 44.2 Å². The molecule has 0 fully saturated rings. The smallest absolute Gasteiger partial charge is 0.164 e. The molecular weight excluding hydrogens is 623 g/mol. The Morgan fingerprint density at radius 2 is 1.12 bits per heavy atom. The van der Waals surface area contributed by atoms with Crippen molar-refractivity contribution in [3.8, 4) is 56.8 Å². The molecule has 238 valence electrons. The molecule has 11 rings (SSSR count). The van der Waals surface area contributed by atoms with E-state index in [9.17, 15) is 0 Å². The Hall–Kier alpha value is -6.65. The van der Waals surface area contributed by atoms with Gasteiger partial charge in [-0.05, 0) is 87.0 Å². The lowest BCUT2D eigenvalue weighted by molar-refractivity contribution is 0.436. The summed E-state index contributed by atoms with van der Waals surface area (Å²) in [7, 11) is 0. The summed E-state index contributed by atoms with van der Waals surface area (Å²) in [6.45, 7) is 0. The normalized spacial score (nSPS) is 14.0. The number of para-hydroxylation sites is 1. The highest BCUT2D eigenvalue weighted by atomic mass is 16.5. The third kappa shape index (κ3) is 4.05. The van der Waals surface area contributed by atoms with E-state index in [-0.39, 0.29) is 0 Å². The van der Waals surface area contributed by atoms with Gasteiger partial charge < -0.3 is 4.74 Å². The van der Waals surface area contributed by atoms with Gasteiger partial charge in [0.25, 0.3) is 0 Å². The summed E-state index contributed by atoms with van der Waals surface area (Å²) in [5.41, 5.74) is 12.0. The summed E-state index contributed by atoms with van der Waals surface area (Å²) in [4.78, 5) is 15.5. The first-order valence-electron chi connectivity index (χ1n) is 17.4. The van der Waals surface area contributed by atoms with Crippen LogP contribution in [0, 0.1) is 0 Å². The molecular formula is C47H29N3O. The maximum atomic E-state index is 6.69. The van der Waals surface area contributed by atoms with Crippen LogP contribution in [0.15, 0.2) is 158 Å². The summed E-state index contributed by atoms with van der Waals surface area (Å²) in [6.07, 6.45) is 5.40. The van der Waals surface area contributed by atoms with Crippen LogP contribution in [0.5, 0.6) is 11.5 Å². The molecule has 51 heavy (non-hydrogen) atoms. The van der Waals surface area contributed by atoms with Crippen LogP contribution in [0.3, 0.4) is 0 Å². The number of fused-ring (bicyclic) bond motifs is 9. The molecule has 2 heterocycles. The molecule has 2 aliphatic carbocycles. The summed E-state index contributed by atoms with van der Waals surface area (Å²) < 4.78 is 6.69. The van der Waals surface area contributed by atoms with Crippen LogP contribution < -0.4 is 4.74 Å². The Labute approximate surface area is 295 Å². The van der Waals surface area contributed by atoms with E-state index in [4.69, 9.17) is 19.7 Å². The summed E-state index contributed by atoms with van der Waals surface area (Å²) in [5, 5.41) is 2.50. The van der Waals surface area contributed by atoms with Crippen molar-refractivity contribution >= 4 is 16.8 Å². The highest BCUT2D eigenvalue weighted by Gasteiger charge is 2.51. The van der Waals surface area contributed by atoms with Gasteiger partial charge in [-0.3, -0.25) is 0 Å². The van der Waals surface area contributed by atoms with Gasteiger partial charge in [0, 0.05) is 27.8 Å². The van der Waals surface area contributed by atoms with Gasteiger partial charge in [0.2, 0.25) is 0 Å². The zero-order valence-corrected chi connectivity index (χ0v) is 27.5. The van der Waals surface area contributed by atoms with Gasteiger partial charge in [0.1, 0.15) is 11.5 Å². The van der Waals surface area contributed by atoms with Crippen molar-refractivity contribution in [1.29, 1.82) is 0 Å². The first-order chi connectivity index (χ1) is 25.3. The lowest BCUT2D eigenvalue weighted by Crippen LogP contribution is -2.32. The zero-order valence-electron chi connectivity index (χ0n) is 27.5. The van der Waals surface area contributed by atoms with Gasteiger partial charge in [0.15, 0.2) is 17.5 Å². The van der Waals surface area contributed by atoms with E-state index in [0.29, 0.717) is 17.5 Å². The van der Waals surface area contributed by atoms with Crippen molar-refractivity contribution in [1.82, 2.24) is 15.0 Å². The molecule has 0 atom stereocenters. The van der Waals surface area contributed by atoms with Crippen LogP contribution in [0.25, 0.3) is 62.1 Å². The van der Waals surface area contributed by atoms with Crippen molar-refractivity contribution in [2.24, 2.45) is 0 Å². The van der Waals surface area contributed by atoms with Crippen molar-refractivity contribution in [3.05, 3.63) is 191 Å². The molecule has 4 heteroatoms. The van der Waals surface area contributed by atoms with Crippen LogP contribution in [-0.2, 0) is 11.8 Å². The SMILES string of the molecule is C1=Cc2cc(-c3nc(-c4ccccc4)nc(-c4ccc5c(c4)C4(c6ccccc6O5)c5ccccc5-c5ccccc54)n3)cc3cccc(c23)C1. The van der Waals surface area contributed by atoms with Gasteiger partial charge in [-0.25, -0.2) is 15.0 Å². The molecule has 0 bridgehead atoms. The fourth-order valence-electron chi connectivity index (χ4n) is 8.63. The van der Waals surface area contributed by atoms with Crippen LogP contribution in [0.2, 0.25) is 0 Å². The second kappa shape index (κ2) is 10.7. The monoisotopic (exact) mass is 651 g/mol. The predicted octanol–water partition coefficient (Wildman–Crippen LogP) is 11.1. The van der Waals surface area contributed by atoms with Crippen molar-refractivity contribution < 1.29 is 4.74 Å². The maximum absolute atomic E-state index is 6.69. The molecule has 0 radical (unpaired) electrons. The summed E-state index contributed by atoms with van der Waals surface area (Å²) in [5.74, 6) is 3.60. The highest BCUT2D eigenvalue weighted by Crippen LogP contribution is 2.62. The van der Waals surface area contributed by atoms with Crippen LogP contribution in [0.4, 0.5) is 0 Å². The van der Waals surface area contributed by atoms with Crippen molar-refractivity contribution in [3.63, 3.8) is 0 Å². The van der Waals surface area contributed by atoms with E-state index >= 15 is 0 Å². The average Bonchev–Trinajstić information content (AvgIpc) is 3.49. The third-order valence-corrected chi connectivity index (χ3v) is 10.8. The second-order valence-electron chi connectivity index (χ2n) is 13.5.